The number of benzene rings is 2. The largest absolute Gasteiger partial charge is 0.573 e. The Morgan fingerprint density at radius 3 is 2.32 bits per heavy atom. The minimum atomic E-state index is -4.80. The van der Waals surface area contributed by atoms with E-state index < -0.39 is 16.9 Å². The van der Waals surface area contributed by atoms with Gasteiger partial charge in [-0.25, -0.2) is 0 Å². The van der Waals surface area contributed by atoms with Gasteiger partial charge in [0, 0.05) is 5.56 Å². The molecule has 2 unspecified atom stereocenters. The molecule has 2 aromatic carbocycles. The zero-order valence-electron chi connectivity index (χ0n) is 13.4. The van der Waals surface area contributed by atoms with Crippen LogP contribution in [0.4, 0.5) is 13.2 Å². The second-order valence-corrected chi connectivity index (χ2v) is 7.56. The molecule has 0 amide bonds. The van der Waals surface area contributed by atoms with Crippen LogP contribution in [-0.2, 0) is 0 Å². The molecule has 0 radical (unpaired) electrons. The minimum absolute atomic E-state index is 0.136. The van der Waals surface area contributed by atoms with Gasteiger partial charge in [-0.2, -0.15) is 0 Å². The highest BCUT2D eigenvalue weighted by molar-refractivity contribution is 9.12. The van der Waals surface area contributed by atoms with Gasteiger partial charge in [0.25, 0.3) is 0 Å². The molecule has 0 bridgehead atoms. The molecule has 0 aromatic heterocycles. The molecule has 0 aliphatic heterocycles. The fraction of sp³-hybridized carbons (Fsp3) is 0.278. The summed E-state index contributed by atoms with van der Waals surface area (Å²) in [5, 5.41) is 0. The summed E-state index contributed by atoms with van der Waals surface area (Å²) in [7, 11) is 0. The number of carbonyl (C=O) groups is 1. The van der Waals surface area contributed by atoms with E-state index in [0.29, 0.717) is 0 Å². The summed E-state index contributed by atoms with van der Waals surface area (Å²) < 4.78 is 40.9. The Morgan fingerprint density at radius 1 is 1.04 bits per heavy atom. The highest BCUT2D eigenvalue weighted by Gasteiger charge is 2.32. The minimum Gasteiger partial charge on any atom is -0.406 e. The normalized spacial score (nSPS) is 14.0. The number of aryl methyl sites for hydroxylation is 2. The number of rotatable bonds is 5. The number of hydrogen-bond acceptors (Lipinski definition) is 2. The molecule has 2 atom stereocenters. The van der Waals surface area contributed by atoms with Crippen LogP contribution in [0.15, 0.2) is 42.5 Å². The van der Waals surface area contributed by atoms with Crippen molar-refractivity contribution in [1.29, 1.82) is 0 Å². The second-order valence-electron chi connectivity index (χ2n) is 5.59. The van der Waals surface area contributed by atoms with Crippen molar-refractivity contribution in [2.75, 3.05) is 0 Å². The van der Waals surface area contributed by atoms with Crippen LogP contribution in [0.2, 0.25) is 0 Å². The molecule has 0 saturated carbocycles. The number of halogens is 5. The standard InChI is InChI=1S/C18H15Br2F3O2/c1-10-6-7-12(8-11(10)2)15(19)16(20)17(24)13-4-3-5-14(9-13)25-18(21,22)23/h3-9,15-16H,1-2H3. The average molecular weight is 480 g/mol. The van der Waals surface area contributed by atoms with Gasteiger partial charge in [-0.15, -0.1) is 13.2 Å². The Bertz CT molecular complexity index is 775. The molecule has 2 aromatic rings. The van der Waals surface area contributed by atoms with E-state index in [4.69, 9.17) is 0 Å². The van der Waals surface area contributed by atoms with Gasteiger partial charge in [0.15, 0.2) is 5.78 Å². The third-order valence-electron chi connectivity index (χ3n) is 3.71. The van der Waals surface area contributed by atoms with Crippen LogP contribution in [0, 0.1) is 13.8 Å². The molecule has 7 heteroatoms. The Labute approximate surface area is 160 Å². The molecule has 134 valence electrons. The predicted octanol–water partition coefficient (Wildman–Crippen LogP) is 6.28. The molecule has 0 spiro atoms. The summed E-state index contributed by atoms with van der Waals surface area (Å²) in [6.45, 7) is 3.97. The van der Waals surface area contributed by atoms with Crippen LogP contribution >= 0.6 is 31.9 Å². The van der Waals surface area contributed by atoms with Crippen molar-refractivity contribution in [2.45, 2.75) is 29.9 Å². The highest BCUT2D eigenvalue weighted by Crippen LogP contribution is 2.35. The molecule has 25 heavy (non-hydrogen) atoms. The van der Waals surface area contributed by atoms with E-state index >= 15 is 0 Å². The van der Waals surface area contributed by atoms with E-state index in [1.807, 2.05) is 32.0 Å². The zero-order chi connectivity index (χ0) is 18.8. The van der Waals surface area contributed by atoms with Gasteiger partial charge >= 0.3 is 6.36 Å². The van der Waals surface area contributed by atoms with Crippen molar-refractivity contribution in [3.63, 3.8) is 0 Å². The summed E-state index contributed by atoms with van der Waals surface area (Å²) in [4.78, 5) is 11.6. The number of alkyl halides is 5. The maximum Gasteiger partial charge on any atom is 0.573 e. The van der Waals surface area contributed by atoms with Crippen LogP contribution in [-0.4, -0.2) is 17.0 Å². The molecule has 2 rings (SSSR count). The lowest BCUT2D eigenvalue weighted by Crippen LogP contribution is -2.20. The summed E-state index contributed by atoms with van der Waals surface area (Å²) in [5.74, 6) is -0.761. The van der Waals surface area contributed by atoms with Crippen molar-refractivity contribution in [3.05, 3.63) is 64.7 Å². The summed E-state index contributed by atoms with van der Waals surface area (Å²) in [5.41, 5.74) is 3.27. The first kappa shape index (κ1) is 20.0. The number of carbonyl (C=O) groups excluding carboxylic acids is 1. The quantitative estimate of drug-likeness (QED) is 0.372. The van der Waals surface area contributed by atoms with E-state index in [1.165, 1.54) is 12.1 Å². The van der Waals surface area contributed by atoms with E-state index in [2.05, 4.69) is 36.6 Å². The predicted molar refractivity (Wildman–Crippen MR) is 97.8 cm³/mol. The zero-order valence-corrected chi connectivity index (χ0v) is 16.6. The fourth-order valence-corrected chi connectivity index (χ4v) is 3.34. The monoisotopic (exact) mass is 478 g/mol. The van der Waals surface area contributed by atoms with Gasteiger partial charge in [-0.3, -0.25) is 4.79 Å². The third kappa shape index (κ3) is 5.31. The molecule has 0 aliphatic rings. The van der Waals surface area contributed by atoms with Crippen molar-refractivity contribution >= 4 is 37.6 Å². The van der Waals surface area contributed by atoms with Gasteiger partial charge in [-0.1, -0.05) is 62.2 Å². The van der Waals surface area contributed by atoms with E-state index in [1.54, 1.807) is 0 Å². The highest BCUT2D eigenvalue weighted by atomic mass is 79.9. The second kappa shape index (κ2) is 7.91. The summed E-state index contributed by atoms with van der Waals surface area (Å²) in [6, 6.07) is 10.9. The van der Waals surface area contributed by atoms with Crippen LogP contribution in [0.3, 0.4) is 0 Å². The average Bonchev–Trinajstić information content (AvgIpc) is 2.54. The number of Topliss-reactive ketones (excluding diaryl/α,β-unsaturated/α-hetero) is 1. The summed E-state index contributed by atoms with van der Waals surface area (Å²) in [6.07, 6.45) is -4.80. The maximum absolute atomic E-state index is 12.6. The van der Waals surface area contributed by atoms with E-state index in [9.17, 15) is 18.0 Å². The van der Waals surface area contributed by atoms with Gasteiger partial charge < -0.3 is 4.74 Å². The number of hydrogen-bond donors (Lipinski definition) is 0. The Balaban J connectivity index is 2.21. The van der Waals surface area contributed by atoms with Crippen LogP contribution < -0.4 is 4.74 Å². The van der Waals surface area contributed by atoms with Crippen molar-refractivity contribution in [3.8, 4) is 5.75 Å². The van der Waals surface area contributed by atoms with Crippen molar-refractivity contribution < 1.29 is 22.7 Å². The van der Waals surface area contributed by atoms with Crippen LogP contribution in [0.5, 0.6) is 5.75 Å². The fourth-order valence-electron chi connectivity index (χ4n) is 2.24. The Morgan fingerprint density at radius 2 is 1.72 bits per heavy atom. The topological polar surface area (TPSA) is 26.3 Å². The van der Waals surface area contributed by atoms with Gasteiger partial charge in [0.2, 0.25) is 0 Å². The first-order chi connectivity index (χ1) is 11.6. The summed E-state index contributed by atoms with van der Waals surface area (Å²) >= 11 is 6.85. The third-order valence-corrected chi connectivity index (χ3v) is 6.42. The first-order valence-electron chi connectivity index (χ1n) is 7.34. The van der Waals surface area contributed by atoms with E-state index in [-0.39, 0.29) is 16.2 Å². The SMILES string of the molecule is Cc1ccc(C(Br)C(Br)C(=O)c2cccc(OC(F)(F)F)c2)cc1C. The first-order valence-corrected chi connectivity index (χ1v) is 9.17. The Hall–Kier alpha value is -1.34. The molecule has 2 nitrogen and oxygen atoms in total. The molecule has 0 aliphatic carbocycles. The smallest absolute Gasteiger partial charge is 0.406 e. The lowest BCUT2D eigenvalue weighted by Gasteiger charge is -2.18. The Kier molecular flexibility index (Phi) is 6.32. The van der Waals surface area contributed by atoms with Crippen LogP contribution in [0.25, 0.3) is 0 Å². The van der Waals surface area contributed by atoms with Crippen LogP contribution in [0.1, 0.15) is 31.9 Å². The van der Waals surface area contributed by atoms with Crippen molar-refractivity contribution in [2.24, 2.45) is 0 Å². The lowest BCUT2D eigenvalue weighted by molar-refractivity contribution is -0.274. The van der Waals surface area contributed by atoms with Gasteiger partial charge in [0.1, 0.15) is 5.75 Å². The van der Waals surface area contributed by atoms with Crippen molar-refractivity contribution in [1.82, 2.24) is 0 Å². The van der Waals surface area contributed by atoms with Gasteiger partial charge in [0.05, 0.1) is 9.65 Å². The molecule has 0 heterocycles. The number of ketones is 1. The molecule has 0 N–H and O–H groups in total. The van der Waals surface area contributed by atoms with E-state index in [0.717, 1.165) is 28.8 Å². The molecular weight excluding hydrogens is 465 g/mol. The molecule has 0 saturated heterocycles. The number of ether oxygens (including phenoxy) is 1. The molecule has 0 fully saturated rings. The molecular formula is C18H15Br2F3O2. The maximum atomic E-state index is 12.6. The lowest BCUT2D eigenvalue weighted by atomic mass is 9.99. The van der Waals surface area contributed by atoms with Gasteiger partial charge in [-0.05, 0) is 42.7 Å².